The van der Waals surface area contributed by atoms with Gasteiger partial charge in [-0.05, 0) is 32.2 Å². The zero-order valence-electron chi connectivity index (χ0n) is 12.0. The molecule has 1 aliphatic heterocycles. The van der Waals surface area contributed by atoms with E-state index in [4.69, 9.17) is 10.00 Å². The van der Waals surface area contributed by atoms with Crippen molar-refractivity contribution in [3.63, 3.8) is 0 Å². The van der Waals surface area contributed by atoms with Gasteiger partial charge in [0.15, 0.2) is 0 Å². The minimum atomic E-state index is -0.379. The Hall–Kier alpha value is -1.74. The lowest BCUT2D eigenvalue weighted by molar-refractivity contribution is 0.101. The third-order valence-corrected chi connectivity index (χ3v) is 3.92. The largest absolute Gasteiger partial charge is 0.444 e. The minimum Gasteiger partial charge on any atom is -0.444 e. The van der Waals surface area contributed by atoms with Gasteiger partial charge >= 0.3 is 6.09 Å². The summed E-state index contributed by atoms with van der Waals surface area (Å²) >= 11 is 1.55. The first kappa shape index (κ1) is 14.7. The Labute approximate surface area is 123 Å². The molecule has 0 unspecified atom stereocenters. The fourth-order valence-electron chi connectivity index (χ4n) is 2.13. The van der Waals surface area contributed by atoms with Crippen LogP contribution in [0.3, 0.4) is 0 Å². The van der Waals surface area contributed by atoms with Crippen LogP contribution in [-0.4, -0.2) is 30.8 Å². The highest BCUT2D eigenvalue weighted by atomic mass is 32.1. The molecule has 1 aromatic rings. The fourth-order valence-corrected chi connectivity index (χ4v) is 3.02. The van der Waals surface area contributed by atoms with E-state index < -0.39 is 0 Å². The smallest absolute Gasteiger partial charge is 0.407 e. The Morgan fingerprint density at radius 2 is 2.35 bits per heavy atom. The lowest BCUT2D eigenvalue weighted by atomic mass is 10.1. The molecule has 0 aromatic carbocycles. The molecule has 1 fully saturated rings. The number of hydrogen-bond acceptors (Lipinski definition) is 5. The van der Waals surface area contributed by atoms with Crippen molar-refractivity contribution in [1.29, 1.82) is 5.26 Å². The van der Waals surface area contributed by atoms with Crippen molar-refractivity contribution in [3.05, 3.63) is 17.0 Å². The number of alkyl carbamates (subject to hydrolysis) is 1. The lowest BCUT2D eigenvalue weighted by Gasteiger charge is -2.22. The summed E-state index contributed by atoms with van der Waals surface area (Å²) in [5, 5.41) is 14.7. The first-order valence-electron chi connectivity index (χ1n) is 6.60. The standard InChI is InChI=1S/C14H19N3O2S/c1-14(2,3)16-13(18)19-11-4-6-17(9-11)12-10(8-15)5-7-20-12/h5,7,11H,4,6,9H2,1-3H3,(H,16,18)/t11-/m0/s1. The zero-order valence-corrected chi connectivity index (χ0v) is 12.8. The second-order valence-corrected chi connectivity index (χ2v) is 6.78. The van der Waals surface area contributed by atoms with E-state index >= 15 is 0 Å². The molecule has 108 valence electrons. The van der Waals surface area contributed by atoms with E-state index in [2.05, 4.69) is 16.3 Å². The van der Waals surface area contributed by atoms with Crippen LogP contribution < -0.4 is 10.2 Å². The molecule has 1 amide bonds. The lowest BCUT2D eigenvalue weighted by Crippen LogP contribution is -2.42. The van der Waals surface area contributed by atoms with Crippen LogP contribution in [0.4, 0.5) is 9.80 Å². The van der Waals surface area contributed by atoms with Gasteiger partial charge in [0.05, 0.1) is 12.1 Å². The molecule has 0 bridgehead atoms. The third-order valence-electron chi connectivity index (χ3n) is 2.95. The van der Waals surface area contributed by atoms with Gasteiger partial charge < -0.3 is 15.0 Å². The summed E-state index contributed by atoms with van der Waals surface area (Å²) in [5.41, 5.74) is 0.395. The maximum Gasteiger partial charge on any atom is 0.407 e. The number of carbonyl (C=O) groups excluding carboxylic acids is 1. The summed E-state index contributed by atoms with van der Waals surface area (Å²) < 4.78 is 5.42. The highest BCUT2D eigenvalue weighted by Crippen LogP contribution is 2.30. The number of anilines is 1. The van der Waals surface area contributed by atoms with Crippen molar-refractivity contribution < 1.29 is 9.53 Å². The normalized spacial score (nSPS) is 18.7. The molecule has 20 heavy (non-hydrogen) atoms. The first-order chi connectivity index (χ1) is 9.39. The predicted molar refractivity (Wildman–Crippen MR) is 79.0 cm³/mol. The molecule has 2 heterocycles. The summed E-state index contributed by atoms with van der Waals surface area (Å²) in [6.07, 6.45) is 0.294. The van der Waals surface area contributed by atoms with Crippen LogP contribution in [0.1, 0.15) is 32.8 Å². The van der Waals surface area contributed by atoms with Gasteiger partial charge in [-0.25, -0.2) is 4.79 Å². The van der Waals surface area contributed by atoms with E-state index in [1.807, 2.05) is 32.2 Å². The van der Waals surface area contributed by atoms with Gasteiger partial charge in [0.1, 0.15) is 17.2 Å². The second kappa shape index (κ2) is 5.71. The Kier molecular flexibility index (Phi) is 4.19. The number of rotatable bonds is 2. The quantitative estimate of drug-likeness (QED) is 0.910. The molecule has 1 N–H and O–H groups in total. The van der Waals surface area contributed by atoms with Crippen LogP contribution in [-0.2, 0) is 4.74 Å². The van der Waals surface area contributed by atoms with Crippen molar-refractivity contribution in [2.24, 2.45) is 0 Å². The number of nitrogens with zero attached hydrogens (tertiary/aromatic N) is 2. The number of hydrogen-bond donors (Lipinski definition) is 1. The molecular formula is C14H19N3O2S. The molecule has 1 aliphatic rings. The molecule has 0 aliphatic carbocycles. The molecule has 2 rings (SSSR count). The van der Waals surface area contributed by atoms with Crippen LogP contribution in [0, 0.1) is 11.3 Å². The highest BCUT2D eigenvalue weighted by Gasteiger charge is 2.28. The Morgan fingerprint density at radius 3 is 3.00 bits per heavy atom. The predicted octanol–water partition coefficient (Wildman–Crippen LogP) is 2.72. The zero-order chi connectivity index (χ0) is 14.8. The highest BCUT2D eigenvalue weighted by molar-refractivity contribution is 7.14. The monoisotopic (exact) mass is 293 g/mol. The molecule has 0 spiro atoms. The average molecular weight is 293 g/mol. The topological polar surface area (TPSA) is 65.4 Å². The van der Waals surface area contributed by atoms with E-state index in [9.17, 15) is 4.79 Å². The SMILES string of the molecule is CC(C)(C)NC(=O)O[C@H]1CCN(c2sccc2C#N)C1. The van der Waals surface area contributed by atoms with Gasteiger partial charge in [-0.15, -0.1) is 11.3 Å². The molecule has 1 aromatic heterocycles. The Morgan fingerprint density at radius 1 is 1.60 bits per heavy atom. The maximum absolute atomic E-state index is 11.7. The van der Waals surface area contributed by atoms with Crippen LogP contribution in [0.25, 0.3) is 0 Å². The van der Waals surface area contributed by atoms with E-state index in [1.54, 1.807) is 11.3 Å². The molecule has 5 nitrogen and oxygen atoms in total. The van der Waals surface area contributed by atoms with E-state index in [0.717, 1.165) is 18.0 Å². The summed E-state index contributed by atoms with van der Waals surface area (Å²) in [4.78, 5) is 13.8. The summed E-state index contributed by atoms with van der Waals surface area (Å²) in [5.74, 6) is 0. The first-order valence-corrected chi connectivity index (χ1v) is 7.48. The average Bonchev–Trinajstić information content (AvgIpc) is 2.93. The maximum atomic E-state index is 11.7. The number of amides is 1. The summed E-state index contributed by atoms with van der Waals surface area (Å²) in [6, 6.07) is 4.01. The number of ether oxygens (including phenoxy) is 1. The van der Waals surface area contributed by atoms with Crippen molar-refractivity contribution in [2.75, 3.05) is 18.0 Å². The molecule has 0 radical (unpaired) electrons. The fraction of sp³-hybridized carbons (Fsp3) is 0.571. The summed E-state index contributed by atoms with van der Waals surface area (Å²) in [7, 11) is 0. The van der Waals surface area contributed by atoms with Gasteiger partial charge in [-0.2, -0.15) is 5.26 Å². The van der Waals surface area contributed by atoms with Crippen LogP contribution in [0.15, 0.2) is 11.4 Å². The number of nitriles is 1. The van der Waals surface area contributed by atoms with E-state index in [1.165, 1.54) is 0 Å². The van der Waals surface area contributed by atoms with Crippen molar-refractivity contribution in [3.8, 4) is 6.07 Å². The van der Waals surface area contributed by atoms with Gasteiger partial charge in [0.25, 0.3) is 0 Å². The number of carbonyl (C=O) groups is 1. The van der Waals surface area contributed by atoms with Gasteiger partial charge in [0.2, 0.25) is 0 Å². The van der Waals surface area contributed by atoms with Gasteiger partial charge in [0, 0.05) is 18.5 Å². The van der Waals surface area contributed by atoms with Gasteiger partial charge in [-0.3, -0.25) is 0 Å². The Balaban J connectivity index is 1.90. The van der Waals surface area contributed by atoms with Crippen molar-refractivity contribution >= 4 is 22.4 Å². The van der Waals surface area contributed by atoms with E-state index in [0.29, 0.717) is 12.1 Å². The van der Waals surface area contributed by atoms with Crippen molar-refractivity contribution in [2.45, 2.75) is 38.8 Å². The number of thiophene rings is 1. The number of nitrogens with one attached hydrogen (secondary N) is 1. The molecule has 6 heteroatoms. The molecule has 0 saturated carbocycles. The van der Waals surface area contributed by atoms with Crippen LogP contribution in [0.5, 0.6) is 0 Å². The minimum absolute atomic E-state index is 0.119. The van der Waals surface area contributed by atoms with Crippen LogP contribution >= 0.6 is 11.3 Å². The van der Waals surface area contributed by atoms with Crippen molar-refractivity contribution in [1.82, 2.24) is 5.32 Å². The second-order valence-electron chi connectivity index (χ2n) is 5.89. The summed E-state index contributed by atoms with van der Waals surface area (Å²) in [6.45, 7) is 7.20. The molecule has 1 saturated heterocycles. The van der Waals surface area contributed by atoms with E-state index in [-0.39, 0.29) is 17.7 Å². The molecular weight excluding hydrogens is 274 g/mol. The Bertz CT molecular complexity index is 527. The van der Waals surface area contributed by atoms with Gasteiger partial charge in [-0.1, -0.05) is 0 Å². The molecule has 1 atom stereocenters. The third kappa shape index (κ3) is 3.64. The van der Waals surface area contributed by atoms with Crippen LogP contribution in [0.2, 0.25) is 0 Å².